The van der Waals surface area contributed by atoms with Gasteiger partial charge in [0.15, 0.2) is 11.5 Å². The molecular weight excluding hydrogens is 449 g/mol. The van der Waals surface area contributed by atoms with Gasteiger partial charge in [0, 0.05) is 17.7 Å². The van der Waals surface area contributed by atoms with Gasteiger partial charge in [-0.3, -0.25) is 4.79 Å². The quantitative estimate of drug-likeness (QED) is 0.458. The Labute approximate surface area is 184 Å². The molecule has 1 amide bonds. The summed E-state index contributed by atoms with van der Waals surface area (Å²) >= 11 is 0. The zero-order valence-electron chi connectivity index (χ0n) is 17.2. The Hall–Kier alpha value is -3.63. The predicted octanol–water partition coefficient (Wildman–Crippen LogP) is 5.63. The van der Waals surface area contributed by atoms with Crippen molar-refractivity contribution < 1.29 is 36.2 Å². The second-order valence-electron chi connectivity index (χ2n) is 7.38. The summed E-state index contributed by atoms with van der Waals surface area (Å²) in [5.41, 5.74) is 0.201. The van der Waals surface area contributed by atoms with E-state index in [-0.39, 0.29) is 34.4 Å². The van der Waals surface area contributed by atoms with Gasteiger partial charge in [-0.15, -0.1) is 0 Å². The molecule has 11 heteroatoms. The summed E-state index contributed by atoms with van der Waals surface area (Å²) < 4.78 is 75.5. The van der Waals surface area contributed by atoms with Gasteiger partial charge in [0.05, 0.1) is 35.8 Å². The van der Waals surface area contributed by atoms with Gasteiger partial charge in [0.25, 0.3) is 5.91 Å². The number of nitrogens with zero attached hydrogens (tertiary/aromatic N) is 2. The Morgan fingerprint density at radius 2 is 1.91 bits per heavy atom. The molecule has 3 aromatic rings. The van der Waals surface area contributed by atoms with Crippen LogP contribution in [-0.2, 0) is 6.18 Å². The molecule has 1 aromatic heterocycles. The molecule has 174 valence electrons. The number of rotatable bonds is 7. The predicted molar refractivity (Wildman–Crippen MR) is 108 cm³/mol. The minimum Gasteiger partial charge on any atom is -0.493 e. The highest BCUT2D eigenvalue weighted by molar-refractivity contribution is 6.05. The molecule has 0 atom stereocenters. The van der Waals surface area contributed by atoms with Gasteiger partial charge in [-0.25, -0.2) is 4.68 Å². The highest BCUT2D eigenvalue weighted by Gasteiger charge is 2.34. The zero-order valence-corrected chi connectivity index (χ0v) is 17.2. The van der Waals surface area contributed by atoms with Crippen LogP contribution >= 0.6 is 0 Å². The summed E-state index contributed by atoms with van der Waals surface area (Å²) in [6, 6.07) is 8.69. The van der Waals surface area contributed by atoms with Crippen LogP contribution in [0.15, 0.2) is 48.7 Å². The van der Waals surface area contributed by atoms with E-state index in [9.17, 15) is 26.7 Å². The third-order valence-electron chi connectivity index (χ3n) is 5.07. The topological polar surface area (TPSA) is 65.4 Å². The van der Waals surface area contributed by atoms with Crippen LogP contribution in [0.2, 0.25) is 0 Å². The average molecular weight is 467 g/mol. The monoisotopic (exact) mass is 467 g/mol. The second-order valence-corrected chi connectivity index (χ2v) is 7.38. The van der Waals surface area contributed by atoms with Gasteiger partial charge in [0.1, 0.15) is 0 Å². The Kier molecular flexibility index (Phi) is 5.96. The van der Waals surface area contributed by atoms with E-state index >= 15 is 0 Å². The average Bonchev–Trinajstić information content (AvgIpc) is 3.50. The van der Waals surface area contributed by atoms with Crippen molar-refractivity contribution in [3.05, 3.63) is 65.5 Å². The SMILES string of the molecule is COc1ccc(NC(=O)c2cnn(-c3cccc(C(F)(F)F)c3)c2C2CC2)cc1OC(F)F. The largest absolute Gasteiger partial charge is 0.493 e. The number of alkyl halides is 5. The molecule has 0 spiro atoms. The van der Waals surface area contributed by atoms with E-state index < -0.39 is 24.3 Å². The maximum absolute atomic E-state index is 13.1. The molecule has 1 fully saturated rings. The summed E-state index contributed by atoms with van der Waals surface area (Å²) in [4.78, 5) is 13.0. The fourth-order valence-corrected chi connectivity index (χ4v) is 3.44. The number of benzene rings is 2. The van der Waals surface area contributed by atoms with Crippen LogP contribution in [0.25, 0.3) is 5.69 Å². The normalized spacial score (nSPS) is 13.8. The molecule has 4 rings (SSSR count). The molecule has 1 aliphatic carbocycles. The molecule has 0 radical (unpaired) electrons. The lowest BCUT2D eigenvalue weighted by Gasteiger charge is -2.13. The number of ether oxygens (including phenoxy) is 2. The maximum atomic E-state index is 13.1. The van der Waals surface area contributed by atoms with Crippen LogP contribution in [-0.4, -0.2) is 29.4 Å². The number of anilines is 1. The first-order valence-electron chi connectivity index (χ1n) is 9.87. The van der Waals surface area contributed by atoms with Crippen LogP contribution in [0.1, 0.15) is 40.4 Å². The van der Waals surface area contributed by atoms with Crippen molar-refractivity contribution >= 4 is 11.6 Å². The third kappa shape index (κ3) is 4.91. The molecule has 0 unspecified atom stereocenters. The Morgan fingerprint density at radius 1 is 1.15 bits per heavy atom. The maximum Gasteiger partial charge on any atom is 0.416 e. The van der Waals surface area contributed by atoms with Crippen LogP contribution in [0.5, 0.6) is 11.5 Å². The van der Waals surface area contributed by atoms with E-state index in [1.807, 2.05) is 0 Å². The van der Waals surface area contributed by atoms with Crippen molar-refractivity contribution in [2.45, 2.75) is 31.5 Å². The number of aromatic nitrogens is 2. The lowest BCUT2D eigenvalue weighted by atomic mass is 10.1. The molecule has 2 aromatic carbocycles. The van der Waals surface area contributed by atoms with E-state index in [1.54, 1.807) is 0 Å². The first-order chi connectivity index (χ1) is 15.7. The molecule has 0 aliphatic heterocycles. The fraction of sp³-hybridized carbons (Fsp3) is 0.273. The Balaban J connectivity index is 1.65. The van der Waals surface area contributed by atoms with Crippen molar-refractivity contribution in [3.63, 3.8) is 0 Å². The van der Waals surface area contributed by atoms with E-state index in [2.05, 4.69) is 15.2 Å². The standard InChI is InChI=1S/C22H18F5N3O3/c1-32-17-8-7-14(10-18(17)33-21(23)24)29-20(31)16-11-28-30(19(16)12-5-6-12)15-4-2-3-13(9-15)22(25,26)27/h2-4,7-12,21H,5-6H2,1H3,(H,29,31). The molecule has 1 saturated carbocycles. The number of methoxy groups -OCH3 is 1. The molecule has 1 aliphatic rings. The number of hydrogen-bond donors (Lipinski definition) is 1. The van der Waals surface area contributed by atoms with Gasteiger partial charge in [-0.1, -0.05) is 6.07 Å². The van der Waals surface area contributed by atoms with Crippen LogP contribution in [0, 0.1) is 0 Å². The molecule has 6 nitrogen and oxygen atoms in total. The smallest absolute Gasteiger partial charge is 0.416 e. The second kappa shape index (κ2) is 8.72. The molecule has 33 heavy (non-hydrogen) atoms. The van der Waals surface area contributed by atoms with Crippen molar-refractivity contribution in [3.8, 4) is 17.2 Å². The van der Waals surface area contributed by atoms with Crippen molar-refractivity contribution in [2.24, 2.45) is 0 Å². The van der Waals surface area contributed by atoms with Crippen molar-refractivity contribution in [2.75, 3.05) is 12.4 Å². The third-order valence-corrected chi connectivity index (χ3v) is 5.07. The summed E-state index contributed by atoms with van der Waals surface area (Å²) in [5.74, 6) is -0.809. The molecule has 0 saturated heterocycles. The Morgan fingerprint density at radius 3 is 2.55 bits per heavy atom. The minimum absolute atomic E-state index is 0.0311. The van der Waals surface area contributed by atoms with Gasteiger partial charge in [-0.05, 0) is 43.2 Å². The van der Waals surface area contributed by atoms with Gasteiger partial charge in [-0.2, -0.15) is 27.1 Å². The molecule has 1 N–H and O–H groups in total. The zero-order chi connectivity index (χ0) is 23.8. The molecule has 0 bridgehead atoms. The minimum atomic E-state index is -4.52. The lowest BCUT2D eigenvalue weighted by Crippen LogP contribution is -2.15. The Bertz CT molecular complexity index is 1170. The van der Waals surface area contributed by atoms with Gasteiger partial charge in [0.2, 0.25) is 0 Å². The summed E-state index contributed by atoms with van der Waals surface area (Å²) in [6.45, 7) is -3.09. The highest BCUT2D eigenvalue weighted by Crippen LogP contribution is 2.43. The number of carbonyl (C=O) groups is 1. The lowest BCUT2D eigenvalue weighted by molar-refractivity contribution is -0.137. The summed E-state index contributed by atoms with van der Waals surface area (Å²) in [5, 5.41) is 6.76. The van der Waals surface area contributed by atoms with E-state index in [0.717, 1.165) is 25.0 Å². The number of hydrogen-bond acceptors (Lipinski definition) is 4. The van der Waals surface area contributed by atoms with Crippen LogP contribution in [0.4, 0.5) is 27.6 Å². The van der Waals surface area contributed by atoms with E-state index in [4.69, 9.17) is 4.74 Å². The van der Waals surface area contributed by atoms with E-state index in [0.29, 0.717) is 5.69 Å². The van der Waals surface area contributed by atoms with Crippen molar-refractivity contribution in [1.29, 1.82) is 0 Å². The molecular formula is C22H18F5N3O3. The van der Waals surface area contributed by atoms with Gasteiger partial charge >= 0.3 is 12.8 Å². The number of carbonyl (C=O) groups excluding carboxylic acids is 1. The van der Waals surface area contributed by atoms with E-state index in [1.165, 1.54) is 48.3 Å². The summed E-state index contributed by atoms with van der Waals surface area (Å²) in [7, 11) is 1.29. The summed E-state index contributed by atoms with van der Waals surface area (Å²) in [6.07, 6.45) is -1.71. The number of amides is 1. The van der Waals surface area contributed by atoms with Crippen LogP contribution in [0.3, 0.4) is 0 Å². The number of nitrogens with one attached hydrogen (secondary N) is 1. The first-order valence-corrected chi connectivity index (χ1v) is 9.87. The fourth-order valence-electron chi connectivity index (χ4n) is 3.44. The van der Waals surface area contributed by atoms with Crippen LogP contribution < -0.4 is 14.8 Å². The van der Waals surface area contributed by atoms with Gasteiger partial charge < -0.3 is 14.8 Å². The number of halogens is 5. The van der Waals surface area contributed by atoms with Crippen molar-refractivity contribution in [1.82, 2.24) is 9.78 Å². The first kappa shape index (κ1) is 22.6. The highest BCUT2D eigenvalue weighted by atomic mass is 19.4. The molecule has 1 heterocycles.